The van der Waals surface area contributed by atoms with Crippen LogP contribution in [0.5, 0.6) is 0 Å². The highest BCUT2D eigenvalue weighted by Gasteiger charge is 2.41. The van der Waals surface area contributed by atoms with E-state index in [1.165, 1.54) is 4.90 Å². The molecular weight excluding hydrogens is 526 g/mol. The molecule has 0 spiro atoms. The third-order valence-corrected chi connectivity index (χ3v) is 6.99. The average molecular weight is 562 g/mol. The molecule has 1 aliphatic heterocycles. The number of aryl methyl sites for hydroxylation is 1. The zero-order valence-electron chi connectivity index (χ0n) is 23.6. The summed E-state index contributed by atoms with van der Waals surface area (Å²) in [7, 11) is 0. The van der Waals surface area contributed by atoms with Gasteiger partial charge in [-0.2, -0.15) is 0 Å². The smallest absolute Gasteiger partial charge is 0.336 e. The Hall–Kier alpha value is -4.47. The van der Waals surface area contributed by atoms with Gasteiger partial charge in [0.1, 0.15) is 12.2 Å². The number of hydrogen-bond acceptors (Lipinski definition) is 7. The fourth-order valence-electron chi connectivity index (χ4n) is 5.21. The molecule has 4 rings (SSSR count). The van der Waals surface area contributed by atoms with E-state index in [0.717, 1.165) is 29.1 Å². The second-order valence-electron chi connectivity index (χ2n) is 9.72. The lowest BCUT2D eigenvalue weighted by Crippen LogP contribution is -2.45. The van der Waals surface area contributed by atoms with E-state index >= 15 is 0 Å². The third kappa shape index (κ3) is 6.48. The van der Waals surface area contributed by atoms with Crippen LogP contribution in [0.4, 0.5) is 0 Å². The third-order valence-electron chi connectivity index (χ3n) is 6.99. The van der Waals surface area contributed by atoms with Crippen LogP contribution in [0.1, 0.15) is 72.8 Å². The summed E-state index contributed by atoms with van der Waals surface area (Å²) in [6, 6.07) is 13.4. The Morgan fingerprint density at radius 1 is 0.976 bits per heavy atom. The Bertz CT molecular complexity index is 1430. The Morgan fingerprint density at radius 3 is 2.34 bits per heavy atom. The number of aromatic nitrogens is 2. The van der Waals surface area contributed by atoms with Crippen LogP contribution in [0, 0.1) is 0 Å². The Kier molecular flexibility index (Phi) is 9.54. The van der Waals surface area contributed by atoms with Crippen molar-refractivity contribution in [1.82, 2.24) is 14.5 Å². The lowest BCUT2D eigenvalue weighted by atomic mass is 9.98. The van der Waals surface area contributed by atoms with Crippen LogP contribution in [0.3, 0.4) is 0 Å². The normalized spacial score (nSPS) is 14.3. The van der Waals surface area contributed by atoms with Gasteiger partial charge in [0.25, 0.3) is 0 Å². The number of nitrogens with zero attached hydrogens (tertiary/aromatic N) is 3. The second-order valence-corrected chi connectivity index (χ2v) is 9.72. The van der Waals surface area contributed by atoms with E-state index in [9.17, 15) is 24.3 Å². The number of ether oxygens (including phenoxy) is 2. The number of esters is 2. The van der Waals surface area contributed by atoms with Crippen molar-refractivity contribution >= 4 is 23.8 Å². The highest BCUT2D eigenvalue weighted by atomic mass is 16.5. The fraction of sp³-hybridized carbons (Fsp3) is 0.387. The van der Waals surface area contributed by atoms with Crippen molar-refractivity contribution in [2.45, 2.75) is 59.0 Å². The molecule has 0 bridgehead atoms. The quantitative estimate of drug-likeness (QED) is 0.273. The van der Waals surface area contributed by atoms with E-state index in [2.05, 4.69) is 0 Å². The van der Waals surface area contributed by atoms with E-state index in [0.29, 0.717) is 30.6 Å². The summed E-state index contributed by atoms with van der Waals surface area (Å²) < 4.78 is 12.3. The van der Waals surface area contributed by atoms with Gasteiger partial charge in [-0.05, 0) is 43.0 Å². The van der Waals surface area contributed by atoms with E-state index in [4.69, 9.17) is 14.5 Å². The molecule has 2 aromatic carbocycles. The maximum absolute atomic E-state index is 13.3. The van der Waals surface area contributed by atoms with Gasteiger partial charge in [0.2, 0.25) is 5.91 Å². The predicted octanol–water partition coefficient (Wildman–Crippen LogP) is 4.19. The molecule has 41 heavy (non-hydrogen) atoms. The first-order valence-corrected chi connectivity index (χ1v) is 13.9. The van der Waals surface area contributed by atoms with Crippen molar-refractivity contribution in [2.75, 3.05) is 19.8 Å². The molecule has 1 amide bonds. The number of fused-ring (bicyclic) bond motifs is 1. The Balaban J connectivity index is 1.72. The van der Waals surface area contributed by atoms with E-state index < -0.39 is 36.3 Å². The number of aromatic carboxylic acids is 1. The van der Waals surface area contributed by atoms with Gasteiger partial charge in [-0.1, -0.05) is 49.4 Å². The molecule has 1 unspecified atom stereocenters. The van der Waals surface area contributed by atoms with Crippen LogP contribution in [-0.2, 0) is 43.2 Å². The predicted molar refractivity (Wildman–Crippen MR) is 150 cm³/mol. The number of carboxylic acids is 1. The van der Waals surface area contributed by atoms with Crippen molar-refractivity contribution in [2.24, 2.45) is 0 Å². The summed E-state index contributed by atoms with van der Waals surface area (Å²) in [6.45, 7) is 6.33. The molecule has 1 aromatic heterocycles. The van der Waals surface area contributed by atoms with Crippen LogP contribution >= 0.6 is 0 Å². The van der Waals surface area contributed by atoms with Crippen LogP contribution < -0.4 is 0 Å². The van der Waals surface area contributed by atoms with Gasteiger partial charge in [-0.25, -0.2) is 14.6 Å². The molecule has 216 valence electrons. The van der Waals surface area contributed by atoms with Crippen LogP contribution in [0.2, 0.25) is 0 Å². The molecule has 1 aliphatic rings. The molecule has 10 nitrogen and oxygen atoms in total. The van der Waals surface area contributed by atoms with E-state index in [1.807, 2.05) is 35.8 Å². The van der Waals surface area contributed by atoms with E-state index in [1.54, 1.807) is 38.1 Å². The first kappa shape index (κ1) is 29.5. The minimum absolute atomic E-state index is 0.139. The lowest BCUT2D eigenvalue weighted by molar-refractivity contribution is -0.159. The largest absolute Gasteiger partial charge is 0.478 e. The Morgan fingerprint density at radius 2 is 1.68 bits per heavy atom. The van der Waals surface area contributed by atoms with Gasteiger partial charge in [0.15, 0.2) is 6.04 Å². The van der Waals surface area contributed by atoms with Gasteiger partial charge < -0.3 is 24.0 Å². The summed E-state index contributed by atoms with van der Waals surface area (Å²) in [5.74, 6) is -1.91. The lowest BCUT2D eigenvalue weighted by Gasteiger charge is -2.34. The standard InChI is InChI=1S/C31H35N3O7/c1-4-9-25-32-24-16-17-33(26(35)18-27(36)40-5-2)29(31(39)41-6-3)28(24)34(25)19-20-12-14-21(15-13-20)22-10-7-8-11-23(22)30(37)38/h7-8,10-15,29H,4-6,9,16-19H2,1-3H3,(H,37,38). The number of rotatable bonds is 11. The van der Waals surface area contributed by atoms with Gasteiger partial charge in [0, 0.05) is 25.9 Å². The topological polar surface area (TPSA) is 128 Å². The Labute approximate surface area is 238 Å². The van der Waals surface area contributed by atoms with Crippen LogP contribution in [0.25, 0.3) is 11.1 Å². The zero-order valence-corrected chi connectivity index (χ0v) is 23.6. The number of carbonyl (C=O) groups excluding carboxylic acids is 3. The molecule has 0 radical (unpaired) electrons. The van der Waals surface area contributed by atoms with Crippen molar-refractivity contribution in [1.29, 1.82) is 0 Å². The molecule has 0 saturated heterocycles. The minimum Gasteiger partial charge on any atom is -0.478 e. The molecule has 3 aromatic rings. The first-order chi connectivity index (χ1) is 19.8. The SMILES string of the molecule is CCCc1nc2c(n1Cc1ccc(-c3ccccc3C(=O)O)cc1)C(C(=O)OCC)N(C(=O)CC(=O)OCC)CC2. The maximum atomic E-state index is 13.3. The first-order valence-electron chi connectivity index (χ1n) is 13.9. The number of benzene rings is 2. The summed E-state index contributed by atoms with van der Waals surface area (Å²) in [5.41, 5.74) is 3.86. The van der Waals surface area contributed by atoms with Crippen molar-refractivity contribution in [3.05, 3.63) is 76.9 Å². The van der Waals surface area contributed by atoms with Crippen LogP contribution in [-0.4, -0.2) is 63.1 Å². The van der Waals surface area contributed by atoms with Gasteiger partial charge >= 0.3 is 17.9 Å². The summed E-state index contributed by atoms with van der Waals surface area (Å²) in [6.07, 6.45) is 1.47. The maximum Gasteiger partial charge on any atom is 0.336 e. The number of carbonyl (C=O) groups is 4. The molecular formula is C31H35N3O7. The number of imidazole rings is 1. The molecule has 1 atom stereocenters. The molecule has 0 saturated carbocycles. The number of amides is 1. The zero-order chi connectivity index (χ0) is 29.5. The van der Waals surface area contributed by atoms with Crippen molar-refractivity contribution in [3.63, 3.8) is 0 Å². The van der Waals surface area contributed by atoms with E-state index in [-0.39, 0.29) is 25.3 Å². The summed E-state index contributed by atoms with van der Waals surface area (Å²) in [4.78, 5) is 56.6. The van der Waals surface area contributed by atoms with Gasteiger partial charge in [-0.15, -0.1) is 0 Å². The molecule has 0 fully saturated rings. The summed E-state index contributed by atoms with van der Waals surface area (Å²) in [5, 5.41) is 9.59. The summed E-state index contributed by atoms with van der Waals surface area (Å²) >= 11 is 0. The highest BCUT2D eigenvalue weighted by Crippen LogP contribution is 2.34. The highest BCUT2D eigenvalue weighted by molar-refractivity contribution is 5.97. The van der Waals surface area contributed by atoms with Crippen molar-refractivity contribution < 1.29 is 33.8 Å². The van der Waals surface area contributed by atoms with Gasteiger partial charge in [-0.3, -0.25) is 9.59 Å². The molecule has 2 heterocycles. The number of hydrogen-bond donors (Lipinski definition) is 1. The van der Waals surface area contributed by atoms with Gasteiger partial charge in [0.05, 0.1) is 30.2 Å². The number of carboxylic acid groups (broad SMARTS) is 1. The second kappa shape index (κ2) is 13.3. The molecule has 0 aliphatic carbocycles. The fourth-order valence-corrected chi connectivity index (χ4v) is 5.21. The molecule has 10 heteroatoms. The average Bonchev–Trinajstić information content (AvgIpc) is 3.30. The van der Waals surface area contributed by atoms with Crippen molar-refractivity contribution in [3.8, 4) is 11.1 Å². The minimum atomic E-state index is -1.04. The molecule has 1 N–H and O–H groups in total. The van der Waals surface area contributed by atoms with Crippen LogP contribution in [0.15, 0.2) is 48.5 Å². The monoisotopic (exact) mass is 561 g/mol.